The van der Waals surface area contributed by atoms with Gasteiger partial charge >= 0.3 is 0 Å². The van der Waals surface area contributed by atoms with E-state index in [-0.39, 0.29) is 12.5 Å². The summed E-state index contributed by atoms with van der Waals surface area (Å²) in [7, 11) is 0. The topological polar surface area (TPSA) is 69.6 Å². The average molecular weight is 883 g/mol. The van der Waals surface area contributed by atoms with Crippen molar-refractivity contribution < 1.29 is 15.0 Å². The minimum Gasteiger partial charge on any atom is -0.394 e. The van der Waals surface area contributed by atoms with Crippen LogP contribution in [0.3, 0.4) is 0 Å². The number of allylic oxidation sites excluding steroid dienone is 7. The molecule has 63 heavy (non-hydrogen) atoms. The molecule has 0 aliphatic rings. The van der Waals surface area contributed by atoms with E-state index in [1.165, 1.54) is 244 Å². The lowest BCUT2D eigenvalue weighted by Gasteiger charge is -2.19. The van der Waals surface area contributed by atoms with Crippen LogP contribution in [-0.2, 0) is 4.79 Å². The summed E-state index contributed by atoms with van der Waals surface area (Å²) in [5.41, 5.74) is 0. The fourth-order valence-corrected chi connectivity index (χ4v) is 8.68. The summed E-state index contributed by atoms with van der Waals surface area (Å²) in [6.45, 7) is 4.32. The monoisotopic (exact) mass is 882 g/mol. The zero-order chi connectivity index (χ0) is 45.6. The molecule has 0 rings (SSSR count). The zero-order valence-corrected chi connectivity index (χ0v) is 42.6. The number of unbranched alkanes of at least 4 members (excludes halogenated alkanes) is 39. The van der Waals surface area contributed by atoms with Gasteiger partial charge in [-0.2, -0.15) is 0 Å². The summed E-state index contributed by atoms with van der Waals surface area (Å²) in [6, 6.07) is -0.646. The van der Waals surface area contributed by atoms with Crippen LogP contribution in [0.15, 0.2) is 48.6 Å². The number of carbonyl (C=O) groups is 1. The maximum atomic E-state index is 12.5. The molecular weight excluding hydrogens is 771 g/mol. The highest BCUT2D eigenvalue weighted by molar-refractivity contribution is 5.76. The highest BCUT2D eigenvalue weighted by Crippen LogP contribution is 2.16. The summed E-state index contributed by atoms with van der Waals surface area (Å²) in [5, 5.41) is 23.1. The molecule has 0 heterocycles. The second kappa shape index (κ2) is 54.7. The lowest BCUT2D eigenvalue weighted by atomic mass is 10.0. The molecule has 0 radical (unpaired) electrons. The second-order valence-corrected chi connectivity index (χ2v) is 19.3. The van der Waals surface area contributed by atoms with Crippen LogP contribution in [0.1, 0.15) is 303 Å². The maximum absolute atomic E-state index is 12.5. The van der Waals surface area contributed by atoms with E-state index in [1.807, 2.05) is 6.08 Å². The van der Waals surface area contributed by atoms with Crippen molar-refractivity contribution in [3.05, 3.63) is 48.6 Å². The normalized spacial score (nSPS) is 13.1. The van der Waals surface area contributed by atoms with Crippen LogP contribution >= 0.6 is 0 Å². The fraction of sp³-hybridized carbons (Fsp3) is 0.847. The highest BCUT2D eigenvalue weighted by Gasteiger charge is 2.18. The number of carbonyl (C=O) groups excluding carboxylic acids is 1. The molecule has 0 spiro atoms. The summed E-state index contributed by atoms with van der Waals surface area (Å²) >= 11 is 0. The third-order valence-corrected chi connectivity index (χ3v) is 13.0. The third kappa shape index (κ3) is 51.2. The molecule has 0 fully saturated rings. The largest absolute Gasteiger partial charge is 0.394 e. The van der Waals surface area contributed by atoms with E-state index in [9.17, 15) is 15.0 Å². The van der Waals surface area contributed by atoms with E-state index >= 15 is 0 Å². The van der Waals surface area contributed by atoms with Gasteiger partial charge in [0, 0.05) is 6.42 Å². The Morgan fingerprint density at radius 1 is 0.365 bits per heavy atom. The second-order valence-electron chi connectivity index (χ2n) is 19.3. The molecule has 0 aliphatic heterocycles. The van der Waals surface area contributed by atoms with E-state index in [0.29, 0.717) is 6.42 Å². The predicted molar refractivity (Wildman–Crippen MR) is 281 cm³/mol. The van der Waals surface area contributed by atoms with E-state index in [1.54, 1.807) is 6.08 Å². The SMILES string of the molecule is CCCCCCCCCCCC/C=C/CC/C=C/CC/C=C/C(O)C(CO)NC(=O)CCCCCCCCCCCCCCCCC/C=C\CCCCCCCCCCCCCC. The summed E-state index contributed by atoms with van der Waals surface area (Å²) in [5.74, 6) is -0.0745. The van der Waals surface area contributed by atoms with Gasteiger partial charge in [0.2, 0.25) is 5.91 Å². The fourth-order valence-electron chi connectivity index (χ4n) is 8.68. The zero-order valence-electron chi connectivity index (χ0n) is 42.6. The van der Waals surface area contributed by atoms with Crippen LogP contribution in [0.25, 0.3) is 0 Å². The molecule has 0 saturated carbocycles. The number of amides is 1. The van der Waals surface area contributed by atoms with Gasteiger partial charge in [-0.05, 0) is 70.6 Å². The van der Waals surface area contributed by atoms with Gasteiger partial charge in [0.05, 0.1) is 18.8 Å². The van der Waals surface area contributed by atoms with Crippen LogP contribution in [0.4, 0.5) is 0 Å². The minimum atomic E-state index is -0.871. The first-order valence-corrected chi connectivity index (χ1v) is 28.4. The summed E-state index contributed by atoms with van der Waals surface area (Å²) in [4.78, 5) is 12.5. The van der Waals surface area contributed by atoms with Crippen molar-refractivity contribution in [3.63, 3.8) is 0 Å². The van der Waals surface area contributed by atoms with Crippen LogP contribution in [0.2, 0.25) is 0 Å². The van der Waals surface area contributed by atoms with E-state index in [2.05, 4.69) is 55.6 Å². The van der Waals surface area contributed by atoms with Gasteiger partial charge in [0.15, 0.2) is 0 Å². The predicted octanol–water partition coefficient (Wildman–Crippen LogP) is 18.6. The molecule has 2 atom stereocenters. The molecule has 2 unspecified atom stereocenters. The van der Waals surface area contributed by atoms with Gasteiger partial charge in [-0.15, -0.1) is 0 Å². The van der Waals surface area contributed by atoms with Gasteiger partial charge in [-0.1, -0.05) is 274 Å². The van der Waals surface area contributed by atoms with Crippen LogP contribution < -0.4 is 5.32 Å². The van der Waals surface area contributed by atoms with E-state index in [4.69, 9.17) is 0 Å². The molecule has 0 aromatic rings. The summed E-state index contributed by atoms with van der Waals surface area (Å²) in [6.07, 6.45) is 75.7. The first kappa shape index (κ1) is 61.4. The Hall–Kier alpha value is -1.65. The Labute approximate surface area is 394 Å². The van der Waals surface area contributed by atoms with Crippen molar-refractivity contribution in [2.24, 2.45) is 0 Å². The molecule has 370 valence electrons. The van der Waals surface area contributed by atoms with Crippen molar-refractivity contribution >= 4 is 5.91 Å². The first-order chi connectivity index (χ1) is 31.2. The van der Waals surface area contributed by atoms with Crippen LogP contribution in [0, 0.1) is 0 Å². The number of rotatable bonds is 52. The molecule has 0 saturated heterocycles. The number of nitrogens with one attached hydrogen (secondary N) is 1. The Morgan fingerprint density at radius 2 is 0.619 bits per heavy atom. The first-order valence-electron chi connectivity index (χ1n) is 28.4. The van der Waals surface area contributed by atoms with Crippen LogP contribution in [-0.4, -0.2) is 34.9 Å². The van der Waals surface area contributed by atoms with Crippen LogP contribution in [0.5, 0.6) is 0 Å². The van der Waals surface area contributed by atoms with Crippen molar-refractivity contribution in [1.29, 1.82) is 0 Å². The van der Waals surface area contributed by atoms with E-state index in [0.717, 1.165) is 38.5 Å². The maximum Gasteiger partial charge on any atom is 0.220 e. The smallest absolute Gasteiger partial charge is 0.220 e. The van der Waals surface area contributed by atoms with Crippen molar-refractivity contribution in [3.8, 4) is 0 Å². The molecule has 0 aromatic carbocycles. The molecular formula is C59H111NO3. The third-order valence-electron chi connectivity index (χ3n) is 13.0. The van der Waals surface area contributed by atoms with Gasteiger partial charge < -0.3 is 15.5 Å². The Balaban J connectivity index is 3.51. The van der Waals surface area contributed by atoms with Gasteiger partial charge in [-0.3, -0.25) is 4.79 Å². The minimum absolute atomic E-state index is 0.0745. The number of hydrogen-bond donors (Lipinski definition) is 3. The highest BCUT2D eigenvalue weighted by atomic mass is 16.3. The van der Waals surface area contributed by atoms with Gasteiger partial charge in [0.1, 0.15) is 0 Å². The Morgan fingerprint density at radius 3 is 0.921 bits per heavy atom. The Kier molecular flexibility index (Phi) is 53.3. The lowest BCUT2D eigenvalue weighted by Crippen LogP contribution is -2.45. The van der Waals surface area contributed by atoms with E-state index < -0.39 is 12.1 Å². The molecule has 4 heteroatoms. The molecule has 0 aromatic heterocycles. The quantitative estimate of drug-likeness (QED) is 0.0421. The molecule has 3 N–H and O–H groups in total. The molecule has 4 nitrogen and oxygen atoms in total. The molecule has 1 amide bonds. The standard InChI is InChI=1S/C59H111NO3/c1-3-5-7-9-11-13-15-17-19-21-23-25-26-27-28-29-30-31-32-33-34-35-37-39-41-43-45-47-49-51-53-55-59(63)60-57(56-61)58(62)54-52-50-48-46-44-42-40-38-36-24-22-20-18-16-14-12-10-8-6-4-2/h27-28,36,38,44,46,52,54,57-58,61-62H,3-26,29-35,37,39-43,45,47-51,53,55-56H2,1-2H3,(H,60,63)/b28-27-,38-36+,46-44+,54-52+. The Bertz CT molecular complexity index is 1000. The summed E-state index contributed by atoms with van der Waals surface area (Å²) < 4.78 is 0. The molecule has 0 bridgehead atoms. The number of aliphatic hydroxyl groups excluding tert-OH is 2. The van der Waals surface area contributed by atoms with Crippen molar-refractivity contribution in [2.75, 3.05) is 6.61 Å². The molecule has 0 aliphatic carbocycles. The lowest BCUT2D eigenvalue weighted by molar-refractivity contribution is -0.123. The van der Waals surface area contributed by atoms with Gasteiger partial charge in [0.25, 0.3) is 0 Å². The number of aliphatic hydroxyl groups is 2. The van der Waals surface area contributed by atoms with Gasteiger partial charge in [-0.25, -0.2) is 0 Å². The van der Waals surface area contributed by atoms with Crippen molar-refractivity contribution in [2.45, 2.75) is 315 Å². The number of hydrogen-bond acceptors (Lipinski definition) is 3. The average Bonchev–Trinajstić information content (AvgIpc) is 3.29. The van der Waals surface area contributed by atoms with Crippen molar-refractivity contribution in [1.82, 2.24) is 5.32 Å².